The first-order chi connectivity index (χ1) is 7.74. The van der Waals surface area contributed by atoms with Gasteiger partial charge in [0.2, 0.25) is 0 Å². The maximum absolute atomic E-state index is 11.3. The van der Waals surface area contributed by atoms with Crippen LogP contribution >= 0.6 is 0 Å². The Hall–Kier alpha value is -1.41. The van der Waals surface area contributed by atoms with Gasteiger partial charge < -0.3 is 5.11 Å². The largest absolute Gasteiger partial charge is 0.392 e. The van der Waals surface area contributed by atoms with Crippen LogP contribution in [0.15, 0.2) is 42.0 Å². The molecule has 0 heterocycles. The van der Waals surface area contributed by atoms with Crippen molar-refractivity contribution in [1.82, 2.24) is 0 Å². The number of rotatable bonds is 3. The summed E-state index contributed by atoms with van der Waals surface area (Å²) in [4.78, 5) is 11.3. The van der Waals surface area contributed by atoms with E-state index in [1.807, 2.05) is 18.2 Å². The lowest BCUT2D eigenvalue weighted by molar-refractivity contribution is -0.117. The van der Waals surface area contributed by atoms with Crippen molar-refractivity contribution in [2.45, 2.75) is 31.8 Å². The summed E-state index contributed by atoms with van der Waals surface area (Å²) in [6, 6.07) is 10.2. The van der Waals surface area contributed by atoms with Gasteiger partial charge in [0.1, 0.15) is 0 Å². The fourth-order valence-electron chi connectivity index (χ4n) is 2.08. The van der Waals surface area contributed by atoms with Crippen LogP contribution in [0.5, 0.6) is 0 Å². The highest BCUT2D eigenvalue weighted by Crippen LogP contribution is 2.20. The number of ketones is 1. The minimum Gasteiger partial charge on any atom is -0.392 e. The molecule has 0 aliphatic heterocycles. The van der Waals surface area contributed by atoms with Crippen LogP contribution in [0.2, 0.25) is 0 Å². The molecule has 2 nitrogen and oxygen atoms in total. The maximum Gasteiger partial charge on any atom is 0.158 e. The zero-order chi connectivity index (χ0) is 11.4. The average Bonchev–Trinajstić information content (AvgIpc) is 2.27. The highest BCUT2D eigenvalue weighted by Gasteiger charge is 2.17. The lowest BCUT2D eigenvalue weighted by Gasteiger charge is -2.17. The van der Waals surface area contributed by atoms with E-state index >= 15 is 0 Å². The Morgan fingerprint density at radius 1 is 1.12 bits per heavy atom. The predicted octanol–water partition coefficient (Wildman–Crippen LogP) is 2.27. The SMILES string of the molecule is O=C1C=C(CCc2ccccc2)CC(O)C1. The number of benzene rings is 1. The Morgan fingerprint density at radius 2 is 1.88 bits per heavy atom. The van der Waals surface area contributed by atoms with Gasteiger partial charge in [-0.05, 0) is 30.9 Å². The summed E-state index contributed by atoms with van der Waals surface area (Å²) >= 11 is 0. The van der Waals surface area contributed by atoms with Crippen molar-refractivity contribution in [3.8, 4) is 0 Å². The molecule has 1 aliphatic rings. The Balaban J connectivity index is 1.93. The number of aliphatic hydroxyl groups excluding tert-OH is 1. The first kappa shape index (κ1) is 11.1. The van der Waals surface area contributed by atoms with Crippen molar-refractivity contribution in [3.63, 3.8) is 0 Å². The smallest absolute Gasteiger partial charge is 0.158 e. The molecule has 0 saturated heterocycles. The maximum atomic E-state index is 11.3. The third-order valence-electron chi connectivity index (χ3n) is 2.88. The monoisotopic (exact) mass is 216 g/mol. The van der Waals surface area contributed by atoms with Crippen LogP contribution in [0.3, 0.4) is 0 Å². The van der Waals surface area contributed by atoms with E-state index in [-0.39, 0.29) is 12.2 Å². The van der Waals surface area contributed by atoms with Crippen molar-refractivity contribution in [2.24, 2.45) is 0 Å². The first-order valence-electron chi connectivity index (χ1n) is 5.68. The van der Waals surface area contributed by atoms with Gasteiger partial charge in [0.25, 0.3) is 0 Å². The van der Waals surface area contributed by atoms with E-state index in [9.17, 15) is 9.90 Å². The second kappa shape index (κ2) is 5.08. The van der Waals surface area contributed by atoms with E-state index in [0.717, 1.165) is 18.4 Å². The van der Waals surface area contributed by atoms with E-state index in [0.29, 0.717) is 6.42 Å². The molecular weight excluding hydrogens is 200 g/mol. The van der Waals surface area contributed by atoms with Gasteiger partial charge in [-0.25, -0.2) is 0 Å². The van der Waals surface area contributed by atoms with Crippen molar-refractivity contribution in [2.75, 3.05) is 0 Å². The van der Waals surface area contributed by atoms with Gasteiger partial charge in [0.05, 0.1) is 6.10 Å². The number of aliphatic hydroxyl groups is 1. The van der Waals surface area contributed by atoms with E-state index in [4.69, 9.17) is 0 Å². The highest BCUT2D eigenvalue weighted by atomic mass is 16.3. The van der Waals surface area contributed by atoms with Crippen LogP contribution in [0.1, 0.15) is 24.8 Å². The zero-order valence-electron chi connectivity index (χ0n) is 9.23. The van der Waals surface area contributed by atoms with Crippen LogP contribution in [-0.2, 0) is 11.2 Å². The Labute approximate surface area is 95.6 Å². The van der Waals surface area contributed by atoms with Crippen LogP contribution in [0.4, 0.5) is 0 Å². The minimum atomic E-state index is -0.469. The van der Waals surface area contributed by atoms with E-state index < -0.39 is 6.10 Å². The molecule has 0 saturated carbocycles. The second-order valence-electron chi connectivity index (χ2n) is 4.32. The van der Waals surface area contributed by atoms with Crippen LogP contribution in [0, 0.1) is 0 Å². The molecule has 0 fully saturated rings. The number of aryl methyl sites for hydroxylation is 1. The van der Waals surface area contributed by atoms with Crippen LogP contribution in [0.25, 0.3) is 0 Å². The lowest BCUT2D eigenvalue weighted by atomic mass is 9.92. The molecular formula is C14H16O2. The van der Waals surface area contributed by atoms with E-state index in [2.05, 4.69) is 12.1 Å². The van der Waals surface area contributed by atoms with Crippen LogP contribution in [-0.4, -0.2) is 17.0 Å². The Bertz CT molecular complexity index is 392. The molecule has 2 heteroatoms. The zero-order valence-corrected chi connectivity index (χ0v) is 9.23. The molecule has 2 rings (SSSR count). The molecule has 1 aromatic carbocycles. The number of hydrogen-bond donors (Lipinski definition) is 1. The lowest BCUT2D eigenvalue weighted by Crippen LogP contribution is -2.18. The summed E-state index contributed by atoms with van der Waals surface area (Å²) in [6.45, 7) is 0. The number of allylic oxidation sites excluding steroid dienone is 1. The van der Waals surface area contributed by atoms with Crippen molar-refractivity contribution in [3.05, 3.63) is 47.5 Å². The highest BCUT2D eigenvalue weighted by molar-refractivity contribution is 5.91. The second-order valence-corrected chi connectivity index (χ2v) is 4.32. The van der Waals surface area contributed by atoms with Gasteiger partial charge in [-0.15, -0.1) is 0 Å². The number of hydrogen-bond acceptors (Lipinski definition) is 2. The summed E-state index contributed by atoms with van der Waals surface area (Å²) < 4.78 is 0. The Kier molecular flexibility index (Phi) is 3.52. The molecule has 1 aromatic rings. The molecule has 0 spiro atoms. The van der Waals surface area contributed by atoms with Crippen molar-refractivity contribution >= 4 is 5.78 Å². The average molecular weight is 216 g/mol. The number of carbonyl (C=O) groups excluding carboxylic acids is 1. The standard InChI is InChI=1S/C14H16O2/c15-13-8-12(9-14(16)10-13)7-6-11-4-2-1-3-5-11/h1-5,8,14,16H,6-7,9-10H2. The van der Waals surface area contributed by atoms with Crippen LogP contribution < -0.4 is 0 Å². The summed E-state index contributed by atoms with van der Waals surface area (Å²) in [6.07, 6.45) is 3.98. The number of carbonyl (C=O) groups is 1. The molecule has 0 radical (unpaired) electrons. The van der Waals surface area contributed by atoms with Gasteiger partial charge in [-0.2, -0.15) is 0 Å². The summed E-state index contributed by atoms with van der Waals surface area (Å²) in [5.41, 5.74) is 2.35. The summed E-state index contributed by atoms with van der Waals surface area (Å²) in [5, 5.41) is 9.49. The van der Waals surface area contributed by atoms with Gasteiger partial charge in [-0.1, -0.05) is 35.9 Å². The summed E-state index contributed by atoms with van der Waals surface area (Å²) in [7, 11) is 0. The minimum absolute atomic E-state index is 0.0572. The molecule has 0 aromatic heterocycles. The van der Waals surface area contributed by atoms with E-state index in [1.165, 1.54) is 5.56 Å². The molecule has 1 atom stereocenters. The van der Waals surface area contributed by atoms with Gasteiger partial charge >= 0.3 is 0 Å². The molecule has 1 N–H and O–H groups in total. The predicted molar refractivity (Wildman–Crippen MR) is 63.1 cm³/mol. The third kappa shape index (κ3) is 3.04. The van der Waals surface area contributed by atoms with Crippen molar-refractivity contribution in [1.29, 1.82) is 0 Å². The summed E-state index contributed by atoms with van der Waals surface area (Å²) in [5.74, 6) is 0.0572. The third-order valence-corrected chi connectivity index (χ3v) is 2.88. The molecule has 16 heavy (non-hydrogen) atoms. The molecule has 0 amide bonds. The first-order valence-corrected chi connectivity index (χ1v) is 5.68. The van der Waals surface area contributed by atoms with Gasteiger partial charge in [0.15, 0.2) is 5.78 Å². The topological polar surface area (TPSA) is 37.3 Å². The Morgan fingerprint density at radius 3 is 2.56 bits per heavy atom. The normalized spacial score (nSPS) is 20.7. The fraction of sp³-hybridized carbons (Fsp3) is 0.357. The molecule has 1 unspecified atom stereocenters. The fourth-order valence-corrected chi connectivity index (χ4v) is 2.08. The molecule has 0 bridgehead atoms. The molecule has 84 valence electrons. The molecule has 1 aliphatic carbocycles. The van der Waals surface area contributed by atoms with Crippen molar-refractivity contribution < 1.29 is 9.90 Å². The van der Waals surface area contributed by atoms with E-state index in [1.54, 1.807) is 6.08 Å². The van der Waals surface area contributed by atoms with Gasteiger partial charge in [0, 0.05) is 6.42 Å². The van der Waals surface area contributed by atoms with Gasteiger partial charge in [-0.3, -0.25) is 4.79 Å². The quantitative estimate of drug-likeness (QED) is 0.841.